The molecular formula is C10H12N2OS. The van der Waals surface area contributed by atoms with E-state index in [1.54, 1.807) is 0 Å². The molecule has 14 heavy (non-hydrogen) atoms. The number of hydrogen-bond acceptors (Lipinski definition) is 4. The average Bonchev–Trinajstić information content (AvgIpc) is 2.40. The van der Waals surface area contributed by atoms with Crippen molar-refractivity contribution in [1.29, 1.82) is 0 Å². The highest BCUT2D eigenvalue weighted by Crippen LogP contribution is 2.28. The van der Waals surface area contributed by atoms with Crippen molar-refractivity contribution in [1.82, 2.24) is 5.32 Å². The first kappa shape index (κ1) is 9.55. The molecule has 0 spiro atoms. The van der Waals surface area contributed by atoms with E-state index < -0.39 is 0 Å². The number of thioether (sulfide) groups is 1. The van der Waals surface area contributed by atoms with E-state index in [0.717, 1.165) is 6.54 Å². The molecule has 0 saturated heterocycles. The van der Waals surface area contributed by atoms with Crippen LogP contribution >= 0.6 is 11.8 Å². The molecule has 0 atom stereocenters. The number of nitrogens with one attached hydrogen (secondary N) is 1. The SMILES string of the molecule is Cc1cccc2c1CNC/C(=N\O)S2. The highest BCUT2D eigenvalue weighted by molar-refractivity contribution is 8.14. The molecule has 1 aromatic rings. The van der Waals surface area contributed by atoms with Gasteiger partial charge in [-0.05, 0) is 24.1 Å². The number of nitrogens with zero attached hydrogens (tertiary/aromatic N) is 1. The van der Waals surface area contributed by atoms with E-state index in [0.29, 0.717) is 11.6 Å². The first-order valence-electron chi connectivity index (χ1n) is 4.49. The molecule has 0 fully saturated rings. The maximum atomic E-state index is 8.74. The van der Waals surface area contributed by atoms with Gasteiger partial charge in [-0.1, -0.05) is 29.1 Å². The summed E-state index contributed by atoms with van der Waals surface area (Å²) in [6, 6.07) is 6.19. The van der Waals surface area contributed by atoms with Crippen molar-refractivity contribution in [2.75, 3.05) is 6.54 Å². The second-order valence-electron chi connectivity index (χ2n) is 3.25. The smallest absolute Gasteiger partial charge is 0.131 e. The normalized spacial score (nSPS) is 19.1. The van der Waals surface area contributed by atoms with Crippen LogP contribution in [0, 0.1) is 6.92 Å². The largest absolute Gasteiger partial charge is 0.410 e. The lowest BCUT2D eigenvalue weighted by Crippen LogP contribution is -2.18. The van der Waals surface area contributed by atoms with Crippen LogP contribution in [0.4, 0.5) is 0 Å². The van der Waals surface area contributed by atoms with Gasteiger partial charge in [0, 0.05) is 18.0 Å². The summed E-state index contributed by atoms with van der Waals surface area (Å²) >= 11 is 1.53. The average molecular weight is 208 g/mol. The molecule has 0 unspecified atom stereocenters. The fourth-order valence-corrected chi connectivity index (χ4v) is 2.48. The van der Waals surface area contributed by atoms with E-state index in [1.807, 2.05) is 6.07 Å². The minimum Gasteiger partial charge on any atom is -0.410 e. The van der Waals surface area contributed by atoms with Gasteiger partial charge in [0.1, 0.15) is 5.04 Å². The van der Waals surface area contributed by atoms with Crippen LogP contribution in [0.3, 0.4) is 0 Å². The summed E-state index contributed by atoms with van der Waals surface area (Å²) in [7, 11) is 0. The molecule has 1 aliphatic rings. The van der Waals surface area contributed by atoms with Gasteiger partial charge in [0.15, 0.2) is 0 Å². The van der Waals surface area contributed by atoms with Gasteiger partial charge in [-0.15, -0.1) is 0 Å². The fraction of sp³-hybridized carbons (Fsp3) is 0.300. The molecule has 0 saturated carbocycles. The lowest BCUT2D eigenvalue weighted by Gasteiger charge is -2.06. The predicted molar refractivity (Wildman–Crippen MR) is 58.0 cm³/mol. The highest BCUT2D eigenvalue weighted by atomic mass is 32.2. The minimum absolute atomic E-state index is 0.634. The summed E-state index contributed by atoms with van der Waals surface area (Å²) in [5.41, 5.74) is 2.58. The van der Waals surface area contributed by atoms with Crippen LogP contribution in [0.25, 0.3) is 0 Å². The molecule has 2 rings (SSSR count). The molecule has 1 aliphatic heterocycles. The summed E-state index contributed by atoms with van der Waals surface area (Å²) in [6.45, 7) is 3.57. The van der Waals surface area contributed by atoms with E-state index in [2.05, 4.69) is 29.5 Å². The number of rotatable bonds is 0. The van der Waals surface area contributed by atoms with Crippen molar-refractivity contribution in [3.63, 3.8) is 0 Å². The number of hydrogen-bond donors (Lipinski definition) is 2. The molecule has 0 radical (unpaired) electrons. The zero-order valence-electron chi connectivity index (χ0n) is 7.95. The van der Waals surface area contributed by atoms with Crippen LogP contribution in [0.1, 0.15) is 11.1 Å². The molecule has 0 aliphatic carbocycles. The predicted octanol–water partition coefficient (Wildman–Crippen LogP) is 1.98. The first-order chi connectivity index (χ1) is 6.81. The second kappa shape index (κ2) is 4.02. The van der Waals surface area contributed by atoms with Gasteiger partial charge >= 0.3 is 0 Å². The fourth-order valence-electron chi connectivity index (χ4n) is 1.51. The van der Waals surface area contributed by atoms with Gasteiger partial charge in [0.05, 0.1) is 0 Å². The van der Waals surface area contributed by atoms with Crippen LogP contribution in [0.15, 0.2) is 28.3 Å². The van der Waals surface area contributed by atoms with E-state index in [1.165, 1.54) is 27.8 Å². The maximum Gasteiger partial charge on any atom is 0.131 e. The summed E-state index contributed by atoms with van der Waals surface area (Å²) < 4.78 is 0. The molecule has 0 amide bonds. The number of benzene rings is 1. The van der Waals surface area contributed by atoms with E-state index >= 15 is 0 Å². The Morgan fingerprint density at radius 1 is 1.43 bits per heavy atom. The third-order valence-corrected chi connectivity index (χ3v) is 3.35. The van der Waals surface area contributed by atoms with Crippen LogP contribution in [0.5, 0.6) is 0 Å². The monoisotopic (exact) mass is 208 g/mol. The highest BCUT2D eigenvalue weighted by Gasteiger charge is 2.13. The molecule has 0 aromatic heterocycles. The maximum absolute atomic E-state index is 8.74. The number of aryl methyl sites for hydroxylation is 1. The van der Waals surface area contributed by atoms with Gasteiger partial charge in [-0.25, -0.2) is 0 Å². The van der Waals surface area contributed by atoms with Crippen molar-refractivity contribution < 1.29 is 5.21 Å². The van der Waals surface area contributed by atoms with Gasteiger partial charge < -0.3 is 10.5 Å². The Balaban J connectivity index is 2.41. The van der Waals surface area contributed by atoms with E-state index in [4.69, 9.17) is 5.21 Å². The molecule has 2 N–H and O–H groups in total. The second-order valence-corrected chi connectivity index (χ2v) is 4.37. The van der Waals surface area contributed by atoms with Crippen LogP contribution in [0.2, 0.25) is 0 Å². The van der Waals surface area contributed by atoms with Crippen molar-refractivity contribution in [2.24, 2.45) is 5.16 Å². The summed E-state index contributed by atoms with van der Waals surface area (Å²) in [6.07, 6.45) is 0. The van der Waals surface area contributed by atoms with Crippen LogP contribution in [-0.2, 0) is 6.54 Å². The third kappa shape index (κ3) is 1.76. The Morgan fingerprint density at radius 2 is 2.29 bits per heavy atom. The van der Waals surface area contributed by atoms with Gasteiger partial charge in [-0.2, -0.15) is 0 Å². The summed E-state index contributed by atoms with van der Waals surface area (Å²) in [4.78, 5) is 1.18. The Kier molecular flexibility index (Phi) is 2.74. The van der Waals surface area contributed by atoms with Crippen molar-refractivity contribution in [3.8, 4) is 0 Å². The first-order valence-corrected chi connectivity index (χ1v) is 5.31. The van der Waals surface area contributed by atoms with E-state index in [9.17, 15) is 0 Å². The Labute approximate surface area is 87.2 Å². The van der Waals surface area contributed by atoms with Crippen molar-refractivity contribution in [3.05, 3.63) is 29.3 Å². The Morgan fingerprint density at radius 3 is 3.07 bits per heavy atom. The zero-order valence-corrected chi connectivity index (χ0v) is 8.77. The lowest BCUT2D eigenvalue weighted by atomic mass is 10.1. The van der Waals surface area contributed by atoms with Gasteiger partial charge in [0.2, 0.25) is 0 Å². The molecule has 3 nitrogen and oxygen atoms in total. The molecule has 74 valence electrons. The molecule has 0 bridgehead atoms. The Hall–Kier alpha value is -1.00. The number of oxime groups is 1. The Bertz CT molecular complexity index is 376. The third-order valence-electron chi connectivity index (χ3n) is 2.28. The lowest BCUT2D eigenvalue weighted by molar-refractivity contribution is 0.319. The van der Waals surface area contributed by atoms with Crippen LogP contribution in [-0.4, -0.2) is 16.8 Å². The van der Waals surface area contributed by atoms with E-state index in [-0.39, 0.29) is 0 Å². The van der Waals surface area contributed by atoms with Crippen molar-refractivity contribution in [2.45, 2.75) is 18.4 Å². The standard InChI is InChI=1S/C10H12N2OS/c1-7-3-2-4-9-8(7)5-11-6-10(12-13)14-9/h2-4,11,13H,5-6H2,1H3/b12-10+. The van der Waals surface area contributed by atoms with Crippen LogP contribution < -0.4 is 5.32 Å². The number of fused-ring (bicyclic) bond motifs is 1. The summed E-state index contributed by atoms with van der Waals surface area (Å²) in [5.74, 6) is 0. The molecule has 1 aromatic carbocycles. The summed E-state index contributed by atoms with van der Waals surface area (Å²) in [5, 5.41) is 15.9. The zero-order chi connectivity index (χ0) is 9.97. The van der Waals surface area contributed by atoms with Gasteiger partial charge in [-0.3, -0.25) is 0 Å². The van der Waals surface area contributed by atoms with Gasteiger partial charge in [0.25, 0.3) is 0 Å². The molecular weight excluding hydrogens is 196 g/mol. The minimum atomic E-state index is 0.634. The molecule has 4 heteroatoms. The van der Waals surface area contributed by atoms with Crippen molar-refractivity contribution >= 4 is 16.8 Å². The quantitative estimate of drug-likeness (QED) is 0.506. The topological polar surface area (TPSA) is 44.6 Å². The molecule has 1 heterocycles.